The maximum Gasteiger partial charge on any atom is 0.179 e. The van der Waals surface area contributed by atoms with Crippen molar-refractivity contribution in [2.45, 2.75) is 11.4 Å². The molecule has 0 atom stereocenters. The van der Waals surface area contributed by atoms with Gasteiger partial charge in [-0.25, -0.2) is 16.8 Å². The maximum absolute atomic E-state index is 11.8. The van der Waals surface area contributed by atoms with Crippen molar-refractivity contribution < 1.29 is 16.8 Å². The smallest absolute Gasteiger partial charge is 0.179 e. The van der Waals surface area contributed by atoms with E-state index >= 15 is 0 Å². The SMILES string of the molecule is CS(=O)(=O)CCS(=O)(=O)c1ccc(CN)cc1. The summed E-state index contributed by atoms with van der Waals surface area (Å²) < 4.78 is 45.4. The summed E-state index contributed by atoms with van der Waals surface area (Å²) in [6.45, 7) is 0.337. The van der Waals surface area contributed by atoms with Crippen LogP contribution in [0.4, 0.5) is 0 Å². The fourth-order valence-electron chi connectivity index (χ4n) is 1.21. The number of benzene rings is 1. The number of hydrogen-bond donors (Lipinski definition) is 1. The molecule has 17 heavy (non-hydrogen) atoms. The van der Waals surface area contributed by atoms with E-state index in [2.05, 4.69) is 0 Å². The molecule has 0 fully saturated rings. The summed E-state index contributed by atoms with van der Waals surface area (Å²) in [7, 11) is -6.82. The monoisotopic (exact) mass is 277 g/mol. The Bertz CT molecular complexity index is 573. The largest absolute Gasteiger partial charge is 0.326 e. The minimum absolute atomic E-state index is 0.123. The highest BCUT2D eigenvalue weighted by Gasteiger charge is 2.17. The lowest BCUT2D eigenvalue weighted by molar-refractivity contribution is 0.590. The van der Waals surface area contributed by atoms with Crippen LogP contribution in [0.5, 0.6) is 0 Å². The normalized spacial score (nSPS) is 12.6. The standard InChI is InChI=1S/C10H15NO4S2/c1-16(12,13)6-7-17(14,15)10-4-2-9(8-11)3-5-10/h2-5H,6-8,11H2,1H3. The zero-order valence-corrected chi connectivity index (χ0v) is 11.1. The molecule has 0 unspecified atom stereocenters. The molecule has 0 aliphatic rings. The Hall–Kier alpha value is -0.920. The Labute approximate surface area is 101 Å². The van der Waals surface area contributed by atoms with Gasteiger partial charge in [-0.1, -0.05) is 12.1 Å². The minimum Gasteiger partial charge on any atom is -0.326 e. The minimum atomic E-state index is -3.54. The van der Waals surface area contributed by atoms with Gasteiger partial charge >= 0.3 is 0 Å². The van der Waals surface area contributed by atoms with Crippen molar-refractivity contribution in [3.63, 3.8) is 0 Å². The van der Waals surface area contributed by atoms with Crippen molar-refractivity contribution in [3.8, 4) is 0 Å². The van der Waals surface area contributed by atoms with Crippen LogP contribution < -0.4 is 5.73 Å². The van der Waals surface area contributed by atoms with Crippen molar-refractivity contribution in [1.82, 2.24) is 0 Å². The van der Waals surface area contributed by atoms with Crippen LogP contribution in [-0.2, 0) is 26.2 Å². The zero-order chi connectivity index (χ0) is 13.1. The Kier molecular flexibility index (Phi) is 4.29. The lowest BCUT2D eigenvalue weighted by Gasteiger charge is -2.04. The number of rotatable bonds is 5. The summed E-state index contributed by atoms with van der Waals surface area (Å²) in [6, 6.07) is 6.13. The molecule has 1 aromatic carbocycles. The van der Waals surface area contributed by atoms with Crippen LogP contribution in [0.25, 0.3) is 0 Å². The average molecular weight is 277 g/mol. The second-order valence-electron chi connectivity index (χ2n) is 3.80. The van der Waals surface area contributed by atoms with Crippen LogP contribution in [0, 0.1) is 0 Å². The summed E-state index contributed by atoms with van der Waals surface area (Å²) in [5.41, 5.74) is 6.22. The molecule has 2 N–H and O–H groups in total. The van der Waals surface area contributed by atoms with Gasteiger partial charge < -0.3 is 5.73 Å². The molecule has 96 valence electrons. The summed E-state index contributed by atoms with van der Waals surface area (Å²) in [6.07, 6.45) is 1.01. The Morgan fingerprint density at radius 2 is 1.53 bits per heavy atom. The van der Waals surface area contributed by atoms with Crippen molar-refractivity contribution in [1.29, 1.82) is 0 Å². The van der Waals surface area contributed by atoms with Gasteiger partial charge in [0.05, 0.1) is 16.4 Å². The van der Waals surface area contributed by atoms with Gasteiger partial charge in [0.15, 0.2) is 9.84 Å². The molecule has 1 aromatic rings. The van der Waals surface area contributed by atoms with E-state index in [1.54, 1.807) is 12.1 Å². The average Bonchev–Trinajstić information content (AvgIpc) is 2.26. The lowest BCUT2D eigenvalue weighted by atomic mass is 10.2. The topological polar surface area (TPSA) is 94.3 Å². The number of sulfone groups is 2. The third kappa shape index (κ3) is 4.45. The van der Waals surface area contributed by atoms with Gasteiger partial charge in [-0.2, -0.15) is 0 Å². The Morgan fingerprint density at radius 1 is 1.00 bits per heavy atom. The van der Waals surface area contributed by atoms with Crippen LogP contribution >= 0.6 is 0 Å². The van der Waals surface area contributed by atoms with E-state index in [9.17, 15) is 16.8 Å². The number of hydrogen-bond acceptors (Lipinski definition) is 5. The molecule has 0 saturated heterocycles. The second kappa shape index (κ2) is 5.16. The fraction of sp³-hybridized carbons (Fsp3) is 0.400. The first-order valence-electron chi connectivity index (χ1n) is 4.94. The molecular formula is C10H15NO4S2. The van der Waals surface area contributed by atoms with E-state index < -0.39 is 25.4 Å². The molecule has 7 heteroatoms. The molecule has 0 radical (unpaired) electrons. The molecule has 0 saturated carbocycles. The highest BCUT2D eigenvalue weighted by molar-refractivity contribution is 7.94. The van der Waals surface area contributed by atoms with Gasteiger partial charge in [-0.3, -0.25) is 0 Å². The predicted octanol–water partition coefficient (Wildman–Crippen LogP) is -0.0364. The van der Waals surface area contributed by atoms with E-state index in [-0.39, 0.29) is 10.6 Å². The molecule has 0 aliphatic heterocycles. The van der Waals surface area contributed by atoms with E-state index in [4.69, 9.17) is 5.73 Å². The first-order valence-corrected chi connectivity index (χ1v) is 8.65. The maximum atomic E-state index is 11.8. The van der Waals surface area contributed by atoms with Crippen molar-refractivity contribution in [2.75, 3.05) is 17.8 Å². The summed E-state index contributed by atoms with van der Waals surface area (Å²) in [5, 5.41) is 0. The van der Waals surface area contributed by atoms with Crippen LogP contribution in [0.1, 0.15) is 5.56 Å². The lowest BCUT2D eigenvalue weighted by Crippen LogP contribution is -2.16. The Balaban J connectivity index is 2.90. The van der Waals surface area contributed by atoms with Crippen molar-refractivity contribution >= 4 is 19.7 Å². The van der Waals surface area contributed by atoms with Gasteiger partial charge in [-0.15, -0.1) is 0 Å². The van der Waals surface area contributed by atoms with Crippen LogP contribution in [0.3, 0.4) is 0 Å². The molecule has 1 rings (SSSR count). The van der Waals surface area contributed by atoms with Crippen LogP contribution in [-0.4, -0.2) is 34.6 Å². The van der Waals surface area contributed by atoms with Gasteiger partial charge in [0.2, 0.25) is 0 Å². The van der Waals surface area contributed by atoms with E-state index in [1.807, 2.05) is 0 Å². The third-order valence-electron chi connectivity index (χ3n) is 2.24. The first-order chi connectivity index (χ1) is 7.74. The van der Waals surface area contributed by atoms with Crippen LogP contribution in [0.15, 0.2) is 29.2 Å². The van der Waals surface area contributed by atoms with Crippen LogP contribution in [0.2, 0.25) is 0 Å². The molecule has 5 nitrogen and oxygen atoms in total. The summed E-state index contributed by atoms with van der Waals surface area (Å²) >= 11 is 0. The molecular weight excluding hydrogens is 262 g/mol. The van der Waals surface area contributed by atoms with Gasteiger partial charge in [0.1, 0.15) is 9.84 Å². The highest BCUT2D eigenvalue weighted by atomic mass is 32.2. The molecule has 0 aliphatic carbocycles. The second-order valence-corrected chi connectivity index (χ2v) is 8.17. The zero-order valence-electron chi connectivity index (χ0n) is 9.46. The van der Waals surface area contributed by atoms with Crippen molar-refractivity contribution in [3.05, 3.63) is 29.8 Å². The third-order valence-corrected chi connectivity index (χ3v) is 5.18. The van der Waals surface area contributed by atoms with E-state index in [1.165, 1.54) is 12.1 Å². The molecule has 0 spiro atoms. The Morgan fingerprint density at radius 3 is 1.94 bits per heavy atom. The van der Waals surface area contributed by atoms with E-state index in [0.29, 0.717) is 6.54 Å². The fourth-order valence-corrected chi connectivity index (χ4v) is 4.09. The number of nitrogens with two attached hydrogens (primary N) is 1. The molecule has 0 heterocycles. The van der Waals surface area contributed by atoms with Gasteiger partial charge in [0.25, 0.3) is 0 Å². The molecule has 0 bridgehead atoms. The highest BCUT2D eigenvalue weighted by Crippen LogP contribution is 2.12. The van der Waals surface area contributed by atoms with Crippen molar-refractivity contribution in [2.24, 2.45) is 5.73 Å². The van der Waals surface area contributed by atoms with Gasteiger partial charge in [0, 0.05) is 12.8 Å². The first kappa shape index (κ1) is 14.1. The predicted molar refractivity (Wildman–Crippen MR) is 66.1 cm³/mol. The molecule has 0 aromatic heterocycles. The van der Waals surface area contributed by atoms with E-state index in [0.717, 1.165) is 11.8 Å². The molecule has 0 amide bonds. The quantitative estimate of drug-likeness (QED) is 0.815. The van der Waals surface area contributed by atoms with Gasteiger partial charge in [-0.05, 0) is 17.7 Å². The summed E-state index contributed by atoms with van der Waals surface area (Å²) in [5.74, 6) is -0.762. The summed E-state index contributed by atoms with van der Waals surface area (Å²) in [4.78, 5) is 0.123.